The lowest BCUT2D eigenvalue weighted by atomic mass is 10.1. The predicted molar refractivity (Wildman–Crippen MR) is 112 cm³/mol. The van der Waals surface area contributed by atoms with Gasteiger partial charge in [-0.3, -0.25) is 4.79 Å². The van der Waals surface area contributed by atoms with E-state index in [0.717, 1.165) is 21.7 Å². The molecule has 1 N–H and O–H groups in total. The van der Waals surface area contributed by atoms with Crippen LogP contribution in [0.5, 0.6) is 0 Å². The van der Waals surface area contributed by atoms with Crippen molar-refractivity contribution in [3.8, 4) is 0 Å². The average Bonchev–Trinajstić information content (AvgIpc) is 3.37. The van der Waals surface area contributed by atoms with E-state index in [1.807, 2.05) is 23.3 Å². The van der Waals surface area contributed by atoms with Gasteiger partial charge in [0.25, 0.3) is 5.91 Å². The van der Waals surface area contributed by atoms with Gasteiger partial charge in [-0.1, -0.05) is 6.92 Å². The average molecular weight is 414 g/mol. The number of nitrogens with zero attached hydrogens (tertiary/aromatic N) is 4. The summed E-state index contributed by atoms with van der Waals surface area (Å²) in [7, 11) is 1.35. The Morgan fingerprint density at radius 3 is 2.69 bits per heavy atom. The summed E-state index contributed by atoms with van der Waals surface area (Å²) < 4.78 is 4.89. The van der Waals surface area contributed by atoms with Crippen LogP contribution in [0, 0.1) is 6.92 Å². The highest BCUT2D eigenvalue weighted by Crippen LogP contribution is 2.28. The van der Waals surface area contributed by atoms with E-state index in [2.05, 4.69) is 19.9 Å². The standard InChI is InChI=1S/C20H23N5O3S/c1-4-14-15(20(27)28-3)12(2)16(23-14)19(26)25-8-6-24(7-9-25)17-13-5-10-29-18(13)22-11-21-17/h5,10-11,23H,4,6-9H2,1-3H3. The Bertz CT molecular complexity index is 1070. The highest BCUT2D eigenvalue weighted by atomic mass is 32.1. The molecule has 1 fully saturated rings. The molecule has 4 rings (SSSR count). The number of esters is 1. The molecule has 152 valence electrons. The van der Waals surface area contributed by atoms with E-state index in [4.69, 9.17) is 4.74 Å². The van der Waals surface area contributed by atoms with Gasteiger partial charge in [-0.05, 0) is 30.4 Å². The van der Waals surface area contributed by atoms with Crippen molar-refractivity contribution in [3.05, 3.63) is 40.3 Å². The number of hydrogen-bond donors (Lipinski definition) is 1. The van der Waals surface area contributed by atoms with Gasteiger partial charge in [0.15, 0.2) is 0 Å². The summed E-state index contributed by atoms with van der Waals surface area (Å²) in [5, 5.41) is 3.06. The van der Waals surface area contributed by atoms with Gasteiger partial charge in [0.05, 0.1) is 18.1 Å². The number of thiophene rings is 1. The monoisotopic (exact) mass is 413 g/mol. The second kappa shape index (κ2) is 7.82. The lowest BCUT2D eigenvalue weighted by Gasteiger charge is -2.35. The number of aromatic amines is 1. The number of carbonyl (C=O) groups is 2. The molecule has 0 saturated carbocycles. The normalized spacial score (nSPS) is 14.4. The fourth-order valence-electron chi connectivity index (χ4n) is 3.82. The number of aromatic nitrogens is 3. The molecule has 0 unspecified atom stereocenters. The Labute approximate surface area is 172 Å². The van der Waals surface area contributed by atoms with Crippen LogP contribution in [0.1, 0.15) is 39.0 Å². The highest BCUT2D eigenvalue weighted by molar-refractivity contribution is 7.16. The molecule has 0 bridgehead atoms. The van der Waals surface area contributed by atoms with Gasteiger partial charge in [-0.2, -0.15) is 0 Å². The van der Waals surface area contributed by atoms with E-state index in [0.29, 0.717) is 49.4 Å². The Kier molecular flexibility index (Phi) is 5.23. The zero-order chi connectivity index (χ0) is 20.5. The van der Waals surface area contributed by atoms with Crippen LogP contribution >= 0.6 is 11.3 Å². The van der Waals surface area contributed by atoms with Crippen molar-refractivity contribution >= 4 is 39.2 Å². The van der Waals surface area contributed by atoms with Crippen molar-refractivity contribution in [3.63, 3.8) is 0 Å². The molecule has 1 aliphatic heterocycles. The number of rotatable bonds is 4. The fraction of sp³-hybridized carbons (Fsp3) is 0.400. The van der Waals surface area contributed by atoms with Crippen molar-refractivity contribution < 1.29 is 14.3 Å². The third-order valence-electron chi connectivity index (χ3n) is 5.39. The second-order valence-corrected chi connectivity index (χ2v) is 7.83. The fourth-order valence-corrected chi connectivity index (χ4v) is 4.55. The van der Waals surface area contributed by atoms with Crippen LogP contribution in [-0.4, -0.2) is 65.0 Å². The summed E-state index contributed by atoms with van der Waals surface area (Å²) in [5.41, 5.74) is 2.32. The molecule has 1 aliphatic rings. The predicted octanol–water partition coefficient (Wildman–Crippen LogP) is 2.64. The molecule has 0 atom stereocenters. The maximum absolute atomic E-state index is 13.1. The number of anilines is 1. The van der Waals surface area contributed by atoms with Gasteiger partial charge in [0, 0.05) is 31.9 Å². The summed E-state index contributed by atoms with van der Waals surface area (Å²) in [6.45, 7) is 6.29. The summed E-state index contributed by atoms with van der Waals surface area (Å²) in [5.74, 6) is 0.416. The first-order chi connectivity index (χ1) is 14.0. The van der Waals surface area contributed by atoms with E-state index in [1.54, 1.807) is 24.6 Å². The molecule has 3 aromatic rings. The summed E-state index contributed by atoms with van der Waals surface area (Å²) >= 11 is 1.60. The van der Waals surface area contributed by atoms with E-state index in [-0.39, 0.29) is 5.91 Å². The van der Waals surface area contributed by atoms with Gasteiger partial charge in [0.1, 0.15) is 22.7 Å². The molecule has 0 aromatic carbocycles. The number of ether oxygens (including phenoxy) is 1. The van der Waals surface area contributed by atoms with E-state index < -0.39 is 5.97 Å². The minimum absolute atomic E-state index is 0.0876. The molecular weight excluding hydrogens is 390 g/mol. The molecule has 3 aromatic heterocycles. The first kappa shape index (κ1) is 19.4. The Balaban J connectivity index is 1.52. The zero-order valence-corrected chi connectivity index (χ0v) is 17.5. The topological polar surface area (TPSA) is 91.4 Å². The summed E-state index contributed by atoms with van der Waals surface area (Å²) in [6, 6.07) is 2.04. The lowest BCUT2D eigenvalue weighted by molar-refractivity contribution is 0.0599. The smallest absolute Gasteiger partial charge is 0.339 e. The van der Waals surface area contributed by atoms with E-state index in [1.165, 1.54) is 7.11 Å². The van der Waals surface area contributed by atoms with Crippen LogP contribution in [-0.2, 0) is 11.2 Å². The molecule has 9 heteroatoms. The Morgan fingerprint density at radius 1 is 1.24 bits per heavy atom. The highest BCUT2D eigenvalue weighted by Gasteiger charge is 2.29. The number of carbonyl (C=O) groups excluding carboxylic acids is 2. The number of nitrogens with one attached hydrogen (secondary N) is 1. The van der Waals surface area contributed by atoms with Gasteiger partial charge < -0.3 is 19.5 Å². The Hall–Kier alpha value is -2.94. The van der Waals surface area contributed by atoms with E-state index >= 15 is 0 Å². The van der Waals surface area contributed by atoms with E-state index in [9.17, 15) is 9.59 Å². The van der Waals surface area contributed by atoms with Crippen molar-refractivity contribution in [1.82, 2.24) is 19.9 Å². The van der Waals surface area contributed by atoms with Gasteiger partial charge >= 0.3 is 5.97 Å². The minimum Gasteiger partial charge on any atom is -0.465 e. The SMILES string of the molecule is CCc1[nH]c(C(=O)N2CCN(c3ncnc4sccc34)CC2)c(C)c1C(=O)OC. The largest absolute Gasteiger partial charge is 0.465 e. The number of methoxy groups -OCH3 is 1. The first-order valence-electron chi connectivity index (χ1n) is 9.57. The minimum atomic E-state index is -0.414. The number of aryl methyl sites for hydroxylation is 1. The van der Waals surface area contributed by atoms with Crippen LogP contribution in [0.25, 0.3) is 10.2 Å². The lowest BCUT2D eigenvalue weighted by Crippen LogP contribution is -2.49. The van der Waals surface area contributed by atoms with Gasteiger partial charge in [-0.15, -0.1) is 11.3 Å². The molecule has 1 saturated heterocycles. The Morgan fingerprint density at radius 2 is 2.00 bits per heavy atom. The summed E-state index contributed by atoms with van der Waals surface area (Å²) in [6.07, 6.45) is 2.21. The van der Waals surface area contributed by atoms with Gasteiger partial charge in [0.2, 0.25) is 0 Å². The van der Waals surface area contributed by atoms with Crippen LogP contribution in [0.4, 0.5) is 5.82 Å². The first-order valence-corrected chi connectivity index (χ1v) is 10.4. The molecule has 4 heterocycles. The van der Waals surface area contributed by atoms with Crippen LogP contribution in [0.2, 0.25) is 0 Å². The summed E-state index contributed by atoms with van der Waals surface area (Å²) in [4.78, 5) is 42.2. The van der Waals surface area contributed by atoms with Crippen LogP contribution in [0.15, 0.2) is 17.8 Å². The van der Waals surface area contributed by atoms with Crippen LogP contribution in [0.3, 0.4) is 0 Å². The molecule has 29 heavy (non-hydrogen) atoms. The molecule has 1 amide bonds. The number of H-pyrrole nitrogens is 1. The number of piperazine rings is 1. The molecular formula is C20H23N5O3S. The third-order valence-corrected chi connectivity index (χ3v) is 6.21. The van der Waals surface area contributed by atoms with Crippen LogP contribution < -0.4 is 4.90 Å². The number of amides is 1. The number of fused-ring (bicyclic) bond motifs is 1. The maximum atomic E-state index is 13.1. The van der Waals surface area contributed by atoms with Crippen molar-refractivity contribution in [2.24, 2.45) is 0 Å². The molecule has 0 aliphatic carbocycles. The zero-order valence-electron chi connectivity index (χ0n) is 16.7. The van der Waals surface area contributed by atoms with Crippen molar-refractivity contribution in [1.29, 1.82) is 0 Å². The quantitative estimate of drug-likeness (QED) is 0.661. The third kappa shape index (κ3) is 3.35. The molecule has 0 spiro atoms. The maximum Gasteiger partial charge on any atom is 0.339 e. The second-order valence-electron chi connectivity index (χ2n) is 6.94. The molecule has 0 radical (unpaired) electrons. The van der Waals surface area contributed by atoms with Crippen molar-refractivity contribution in [2.75, 3.05) is 38.2 Å². The number of hydrogen-bond acceptors (Lipinski definition) is 7. The molecule has 8 nitrogen and oxygen atoms in total. The van der Waals surface area contributed by atoms with Crippen molar-refractivity contribution in [2.45, 2.75) is 20.3 Å². The van der Waals surface area contributed by atoms with Gasteiger partial charge in [-0.25, -0.2) is 14.8 Å².